The molecule has 0 saturated heterocycles. The molecule has 28 heavy (non-hydrogen) atoms. The molecule has 1 atom stereocenters. The Balaban J connectivity index is 2.02. The summed E-state index contributed by atoms with van der Waals surface area (Å²) in [6.07, 6.45) is 4.84. The van der Waals surface area contributed by atoms with E-state index in [4.69, 9.17) is 7.98 Å². The van der Waals surface area contributed by atoms with Gasteiger partial charge in [-0.3, -0.25) is 0 Å². The number of fused-ring (bicyclic) bond motifs is 1. The van der Waals surface area contributed by atoms with Gasteiger partial charge in [-0.1, -0.05) is 5.57 Å². The zero-order valence-corrected chi connectivity index (χ0v) is 17.5. The molecule has 1 aliphatic carbocycles. The molecule has 1 unspecified atom stereocenters. The van der Waals surface area contributed by atoms with Crippen LogP contribution in [0.5, 0.6) is 5.75 Å². The number of benzene rings is 2. The second-order valence-corrected chi connectivity index (χ2v) is 7.83. The van der Waals surface area contributed by atoms with Gasteiger partial charge >= 0.3 is 0 Å². The van der Waals surface area contributed by atoms with Crippen LogP contribution in [-0.2, 0) is 0 Å². The maximum Gasteiger partial charge on any atom is 0.226 e. The molecule has 0 saturated carbocycles. The number of allylic oxidation sites excluding steroid dienone is 1. The molecule has 0 aromatic heterocycles. The van der Waals surface area contributed by atoms with Crippen molar-refractivity contribution in [2.75, 3.05) is 26.0 Å². The van der Waals surface area contributed by atoms with E-state index in [1.165, 1.54) is 11.1 Å². The van der Waals surface area contributed by atoms with E-state index in [9.17, 15) is 5.11 Å². The van der Waals surface area contributed by atoms with Crippen molar-refractivity contribution in [1.82, 2.24) is 4.81 Å². The molecule has 2 aromatic carbocycles. The number of aryl methyl sites for hydroxylation is 2. The second-order valence-electron chi connectivity index (χ2n) is 7.83. The van der Waals surface area contributed by atoms with Crippen LogP contribution >= 0.6 is 0 Å². The van der Waals surface area contributed by atoms with E-state index in [0.717, 1.165) is 34.1 Å². The van der Waals surface area contributed by atoms with Crippen molar-refractivity contribution < 1.29 is 5.11 Å². The van der Waals surface area contributed by atoms with Crippen molar-refractivity contribution in [3.8, 4) is 5.75 Å². The van der Waals surface area contributed by atoms with Crippen molar-refractivity contribution in [3.63, 3.8) is 0 Å². The largest absolute Gasteiger partial charge is 0.505 e. The summed E-state index contributed by atoms with van der Waals surface area (Å²) < 4.78 is 0. The first-order valence-corrected chi connectivity index (χ1v) is 9.40. The predicted molar refractivity (Wildman–Crippen MR) is 118 cm³/mol. The van der Waals surface area contributed by atoms with Gasteiger partial charge in [0.1, 0.15) is 5.69 Å². The highest BCUT2D eigenvalue weighted by atomic mass is 16.3. The number of hydrogen-bond acceptors (Lipinski definition) is 5. The van der Waals surface area contributed by atoms with Crippen LogP contribution in [0.15, 0.2) is 51.8 Å². The van der Waals surface area contributed by atoms with Crippen molar-refractivity contribution in [2.24, 2.45) is 10.2 Å². The summed E-state index contributed by atoms with van der Waals surface area (Å²) >= 11 is 0. The third-order valence-electron chi connectivity index (χ3n) is 5.08. The van der Waals surface area contributed by atoms with E-state index in [-0.39, 0.29) is 11.8 Å². The predicted octanol–water partition coefficient (Wildman–Crippen LogP) is 4.93. The fraction of sp³-hybridized carbons (Fsp3) is 0.364. The third kappa shape index (κ3) is 3.91. The normalized spacial score (nSPS) is 17.0. The number of rotatable bonds is 4. The lowest BCUT2D eigenvalue weighted by Gasteiger charge is -2.22. The van der Waals surface area contributed by atoms with E-state index < -0.39 is 0 Å². The Bertz CT molecular complexity index is 1010. The molecule has 0 heterocycles. The SMILES string of the molecule is [B]N(C)C1=CC(N=Nc2c(C)cc3cc(C)c(N(C)C)cc3c2O)CC(C)=C1. The number of nitrogens with zero attached hydrogens (tertiary/aromatic N) is 4. The van der Waals surface area contributed by atoms with Gasteiger partial charge in [0.25, 0.3) is 0 Å². The smallest absolute Gasteiger partial charge is 0.226 e. The molecule has 5 nitrogen and oxygen atoms in total. The van der Waals surface area contributed by atoms with Gasteiger partial charge in [-0.05, 0) is 81.1 Å². The van der Waals surface area contributed by atoms with Crippen LogP contribution in [-0.4, -0.2) is 45.1 Å². The number of phenols is 1. The van der Waals surface area contributed by atoms with Crippen molar-refractivity contribution in [1.29, 1.82) is 0 Å². The first-order valence-electron chi connectivity index (χ1n) is 9.40. The minimum Gasteiger partial charge on any atom is -0.505 e. The summed E-state index contributed by atoms with van der Waals surface area (Å²) in [4.78, 5) is 3.62. The minimum absolute atomic E-state index is 0.101. The molecule has 2 aromatic rings. The van der Waals surface area contributed by atoms with E-state index in [1.807, 2.05) is 38.1 Å². The number of azo groups is 1. The van der Waals surface area contributed by atoms with Crippen molar-refractivity contribution in [3.05, 3.63) is 52.7 Å². The minimum atomic E-state index is -0.101. The Morgan fingerprint density at radius 1 is 1.07 bits per heavy atom. The molecule has 144 valence electrons. The van der Waals surface area contributed by atoms with Crippen LogP contribution in [0, 0.1) is 13.8 Å². The number of anilines is 1. The van der Waals surface area contributed by atoms with Crippen LogP contribution in [0.2, 0.25) is 0 Å². The zero-order valence-electron chi connectivity index (χ0n) is 17.5. The lowest BCUT2D eigenvalue weighted by Crippen LogP contribution is -2.17. The second kappa shape index (κ2) is 7.70. The maximum absolute atomic E-state index is 10.9. The highest BCUT2D eigenvalue weighted by Crippen LogP contribution is 2.40. The van der Waals surface area contributed by atoms with Crippen LogP contribution in [0.25, 0.3) is 10.8 Å². The Kier molecular flexibility index (Phi) is 5.50. The standard InChI is InChI=1S/C22H27BN4O/c1-13-7-17(11-18(8-13)27(6)23)24-25-21-15(3)10-16-9-14(2)20(26(4)5)12-19(16)22(21)28/h8-12,17,28H,7H2,1-6H3. The molecule has 3 rings (SSSR count). The zero-order chi connectivity index (χ0) is 20.6. The highest BCUT2D eigenvalue weighted by molar-refractivity contribution is 6.05. The summed E-state index contributed by atoms with van der Waals surface area (Å²) in [7, 11) is 11.7. The Labute approximate surface area is 168 Å². The topological polar surface area (TPSA) is 51.4 Å². The lowest BCUT2D eigenvalue weighted by atomic mass is 9.99. The molecular weight excluding hydrogens is 347 g/mol. The van der Waals surface area contributed by atoms with Gasteiger partial charge in [0.05, 0.1) is 6.04 Å². The fourth-order valence-electron chi connectivity index (χ4n) is 3.64. The van der Waals surface area contributed by atoms with E-state index in [1.54, 1.807) is 11.9 Å². The van der Waals surface area contributed by atoms with Crippen LogP contribution in [0.4, 0.5) is 11.4 Å². The van der Waals surface area contributed by atoms with Crippen LogP contribution in [0.1, 0.15) is 24.5 Å². The third-order valence-corrected chi connectivity index (χ3v) is 5.08. The monoisotopic (exact) mass is 374 g/mol. The van der Waals surface area contributed by atoms with Gasteiger partial charge in [-0.25, -0.2) is 0 Å². The lowest BCUT2D eigenvalue weighted by molar-refractivity contribution is 0.482. The van der Waals surface area contributed by atoms with Crippen molar-refractivity contribution >= 4 is 30.1 Å². The van der Waals surface area contributed by atoms with Crippen LogP contribution < -0.4 is 4.90 Å². The molecule has 0 aliphatic heterocycles. The summed E-state index contributed by atoms with van der Waals surface area (Å²) in [5.41, 5.74) is 5.76. The quantitative estimate of drug-likeness (QED) is 0.610. The average Bonchev–Trinajstić information content (AvgIpc) is 2.60. The Morgan fingerprint density at radius 2 is 1.75 bits per heavy atom. The summed E-state index contributed by atoms with van der Waals surface area (Å²) in [6, 6.07) is 6.06. The molecular formula is C22H27BN4O. The number of aromatic hydroxyl groups is 1. The van der Waals surface area contributed by atoms with Gasteiger partial charge < -0.3 is 14.8 Å². The van der Waals surface area contributed by atoms with Gasteiger partial charge in [0, 0.05) is 30.9 Å². The number of likely N-dealkylation sites (N-methyl/N-ethyl adjacent to an activating group) is 1. The first-order chi connectivity index (χ1) is 13.2. The molecule has 1 N–H and O–H groups in total. The highest BCUT2D eigenvalue weighted by Gasteiger charge is 2.16. The summed E-state index contributed by atoms with van der Waals surface area (Å²) in [5, 5.41) is 21.6. The van der Waals surface area contributed by atoms with Gasteiger partial charge in [0.15, 0.2) is 5.75 Å². The fourth-order valence-corrected chi connectivity index (χ4v) is 3.64. The van der Waals surface area contributed by atoms with Crippen molar-refractivity contribution in [2.45, 2.75) is 33.2 Å². The average molecular weight is 374 g/mol. The summed E-state index contributed by atoms with van der Waals surface area (Å²) in [6.45, 7) is 6.08. The molecule has 6 heteroatoms. The summed E-state index contributed by atoms with van der Waals surface area (Å²) in [5.74, 6) is 0.171. The Morgan fingerprint density at radius 3 is 2.39 bits per heavy atom. The first kappa shape index (κ1) is 20.0. The van der Waals surface area contributed by atoms with E-state index in [2.05, 4.69) is 42.3 Å². The van der Waals surface area contributed by atoms with Crippen LogP contribution in [0.3, 0.4) is 0 Å². The van der Waals surface area contributed by atoms with Gasteiger partial charge in [-0.15, -0.1) is 0 Å². The maximum atomic E-state index is 10.9. The Hall–Kier alpha value is -2.76. The number of phenolic OH excluding ortho intramolecular Hbond substituents is 1. The molecule has 0 spiro atoms. The van der Waals surface area contributed by atoms with Gasteiger partial charge in [0.2, 0.25) is 7.98 Å². The molecule has 0 bridgehead atoms. The van der Waals surface area contributed by atoms with Gasteiger partial charge in [-0.2, -0.15) is 10.2 Å². The molecule has 0 fully saturated rings. The molecule has 0 amide bonds. The molecule has 1 aliphatic rings. The van der Waals surface area contributed by atoms with E-state index in [0.29, 0.717) is 5.69 Å². The molecule has 2 radical (unpaired) electrons. The van der Waals surface area contributed by atoms with E-state index >= 15 is 0 Å². The number of hydrogen-bond donors (Lipinski definition) is 1.